The molecule has 4 heteroatoms. The number of H-pyrrole nitrogens is 1. The number of benzene rings is 2. The largest absolute Gasteiger partial charge is 0.485 e. The van der Waals surface area contributed by atoms with Crippen LogP contribution in [0.15, 0.2) is 48.7 Å². The number of nitrogens with one attached hydrogen (secondary N) is 1. The summed E-state index contributed by atoms with van der Waals surface area (Å²) < 4.78 is 5.55. The third-order valence-corrected chi connectivity index (χ3v) is 3.81. The fourth-order valence-corrected chi connectivity index (χ4v) is 2.35. The second-order valence-corrected chi connectivity index (χ2v) is 5.28. The van der Waals surface area contributed by atoms with Crippen molar-refractivity contribution in [2.45, 2.75) is 6.92 Å². The lowest BCUT2D eigenvalue weighted by molar-refractivity contribution is 0.0923. The molecule has 0 aliphatic heterocycles. The molecule has 3 nitrogen and oxygen atoms in total. The molecule has 0 amide bonds. The summed E-state index contributed by atoms with van der Waals surface area (Å²) in [5.74, 6) is 0.588. The lowest BCUT2D eigenvalue weighted by atomic mass is 10.1. The Morgan fingerprint density at radius 3 is 2.86 bits per heavy atom. The number of fused-ring (bicyclic) bond motifs is 1. The highest BCUT2D eigenvalue weighted by atomic mass is 35.5. The molecule has 0 bridgehead atoms. The summed E-state index contributed by atoms with van der Waals surface area (Å²) in [6, 6.07) is 13.1. The predicted molar refractivity (Wildman–Crippen MR) is 84.3 cm³/mol. The van der Waals surface area contributed by atoms with Crippen LogP contribution < -0.4 is 4.74 Å². The number of Topliss-reactive ketones (excluding diaryl/α,β-unsaturated/α-hetero) is 1. The van der Waals surface area contributed by atoms with Crippen LogP contribution in [0, 0.1) is 6.92 Å². The average Bonchev–Trinajstić information content (AvgIpc) is 2.92. The number of aryl methyl sites for hydroxylation is 1. The van der Waals surface area contributed by atoms with E-state index in [0.29, 0.717) is 16.3 Å². The van der Waals surface area contributed by atoms with Crippen molar-refractivity contribution >= 4 is 28.3 Å². The minimum atomic E-state index is -0.0555. The minimum Gasteiger partial charge on any atom is -0.485 e. The maximum absolute atomic E-state index is 12.3. The maximum Gasteiger partial charge on any atom is 0.202 e. The van der Waals surface area contributed by atoms with Crippen molar-refractivity contribution in [2.75, 3.05) is 6.61 Å². The molecular weight excluding hydrogens is 286 g/mol. The number of ether oxygens (including phenoxy) is 1. The molecule has 3 aromatic rings. The van der Waals surface area contributed by atoms with Gasteiger partial charge in [-0.1, -0.05) is 29.8 Å². The molecule has 0 saturated carbocycles. The van der Waals surface area contributed by atoms with Crippen molar-refractivity contribution in [1.29, 1.82) is 0 Å². The van der Waals surface area contributed by atoms with Crippen molar-refractivity contribution in [2.24, 2.45) is 0 Å². The molecule has 1 aromatic heterocycles. The lowest BCUT2D eigenvalue weighted by Crippen LogP contribution is -2.11. The smallest absolute Gasteiger partial charge is 0.202 e. The molecule has 0 radical (unpaired) electrons. The minimum absolute atomic E-state index is 0.00290. The zero-order valence-electron chi connectivity index (χ0n) is 11.5. The molecular formula is C17H14ClNO2. The number of carbonyl (C=O) groups is 1. The molecule has 3 rings (SSSR count). The van der Waals surface area contributed by atoms with Gasteiger partial charge in [0.2, 0.25) is 5.78 Å². The molecule has 0 atom stereocenters. The molecule has 106 valence electrons. The first kappa shape index (κ1) is 13.7. The van der Waals surface area contributed by atoms with Gasteiger partial charge < -0.3 is 9.72 Å². The first-order valence-corrected chi connectivity index (χ1v) is 7.01. The van der Waals surface area contributed by atoms with Crippen molar-refractivity contribution in [1.82, 2.24) is 4.98 Å². The first-order valence-electron chi connectivity index (χ1n) is 6.63. The summed E-state index contributed by atoms with van der Waals surface area (Å²) in [7, 11) is 0. The van der Waals surface area contributed by atoms with E-state index >= 15 is 0 Å². The maximum atomic E-state index is 12.3. The summed E-state index contributed by atoms with van der Waals surface area (Å²) in [4.78, 5) is 15.4. The van der Waals surface area contributed by atoms with E-state index in [4.69, 9.17) is 16.3 Å². The lowest BCUT2D eigenvalue weighted by Gasteiger charge is -2.06. The van der Waals surface area contributed by atoms with E-state index in [0.717, 1.165) is 16.5 Å². The van der Waals surface area contributed by atoms with Gasteiger partial charge in [-0.15, -0.1) is 0 Å². The van der Waals surface area contributed by atoms with Crippen molar-refractivity contribution < 1.29 is 9.53 Å². The van der Waals surface area contributed by atoms with Gasteiger partial charge in [0.05, 0.1) is 0 Å². The Bertz CT molecular complexity index is 807. The van der Waals surface area contributed by atoms with E-state index in [2.05, 4.69) is 4.98 Å². The summed E-state index contributed by atoms with van der Waals surface area (Å²) in [6.07, 6.45) is 1.73. The van der Waals surface area contributed by atoms with Crippen molar-refractivity contribution in [3.05, 3.63) is 64.8 Å². The van der Waals surface area contributed by atoms with Gasteiger partial charge in [-0.2, -0.15) is 0 Å². The summed E-state index contributed by atoms with van der Waals surface area (Å²) in [5.41, 5.74) is 2.52. The first-order chi connectivity index (χ1) is 10.1. The third-order valence-electron chi connectivity index (χ3n) is 3.39. The van der Waals surface area contributed by atoms with Crippen LogP contribution in [-0.2, 0) is 0 Å². The van der Waals surface area contributed by atoms with Crippen LogP contribution in [0.4, 0.5) is 0 Å². The SMILES string of the molecule is Cc1cc(OCC(=O)c2c[nH]c3ccccc23)ccc1Cl. The standard InChI is InChI=1S/C17H14ClNO2/c1-11-8-12(6-7-15(11)18)21-10-17(20)14-9-19-16-5-3-2-4-13(14)16/h2-9,19H,10H2,1H3. The zero-order valence-corrected chi connectivity index (χ0v) is 12.3. The van der Waals surface area contributed by atoms with Crippen LogP contribution in [0.1, 0.15) is 15.9 Å². The average molecular weight is 300 g/mol. The second-order valence-electron chi connectivity index (χ2n) is 4.87. The predicted octanol–water partition coefficient (Wildman–Crippen LogP) is 4.39. The molecule has 21 heavy (non-hydrogen) atoms. The van der Waals surface area contributed by atoms with Crippen LogP contribution >= 0.6 is 11.6 Å². The third kappa shape index (κ3) is 2.78. The highest BCUT2D eigenvalue weighted by Crippen LogP contribution is 2.22. The second kappa shape index (κ2) is 5.62. The number of hydrogen-bond acceptors (Lipinski definition) is 2. The van der Waals surface area contributed by atoms with Crippen LogP contribution in [-0.4, -0.2) is 17.4 Å². The molecule has 1 N–H and O–H groups in total. The monoisotopic (exact) mass is 299 g/mol. The van der Waals surface area contributed by atoms with E-state index in [1.165, 1.54) is 0 Å². The van der Waals surface area contributed by atoms with Gasteiger partial charge >= 0.3 is 0 Å². The Kier molecular flexibility index (Phi) is 3.67. The Morgan fingerprint density at radius 1 is 1.24 bits per heavy atom. The van der Waals surface area contributed by atoms with Crippen LogP contribution in [0.25, 0.3) is 10.9 Å². The molecule has 0 aliphatic carbocycles. The van der Waals surface area contributed by atoms with Crippen molar-refractivity contribution in [3.63, 3.8) is 0 Å². The Labute approximate surface area is 127 Å². The van der Waals surface area contributed by atoms with Gasteiger partial charge in [-0.3, -0.25) is 4.79 Å². The number of halogens is 1. The van der Waals surface area contributed by atoms with E-state index < -0.39 is 0 Å². The fraction of sp³-hybridized carbons (Fsp3) is 0.118. The van der Waals surface area contributed by atoms with Gasteiger partial charge in [0.25, 0.3) is 0 Å². The summed E-state index contributed by atoms with van der Waals surface area (Å²) >= 11 is 5.96. The van der Waals surface area contributed by atoms with Gasteiger partial charge in [-0.25, -0.2) is 0 Å². The highest BCUT2D eigenvalue weighted by molar-refractivity contribution is 6.31. The molecule has 1 heterocycles. The highest BCUT2D eigenvalue weighted by Gasteiger charge is 2.12. The van der Waals surface area contributed by atoms with E-state index in [9.17, 15) is 4.79 Å². The fourth-order valence-electron chi connectivity index (χ4n) is 2.24. The molecule has 0 spiro atoms. The Morgan fingerprint density at radius 2 is 2.05 bits per heavy atom. The number of carbonyl (C=O) groups excluding carboxylic acids is 1. The van der Waals surface area contributed by atoms with Gasteiger partial charge in [0.15, 0.2) is 6.61 Å². The normalized spacial score (nSPS) is 10.8. The molecule has 0 fully saturated rings. The van der Waals surface area contributed by atoms with E-state index in [1.807, 2.05) is 37.3 Å². The molecule has 0 saturated heterocycles. The number of para-hydroxylation sites is 1. The number of hydrogen-bond donors (Lipinski definition) is 1. The summed E-state index contributed by atoms with van der Waals surface area (Å²) in [6.45, 7) is 1.90. The molecule has 0 aliphatic rings. The van der Waals surface area contributed by atoms with Gasteiger partial charge in [0, 0.05) is 27.7 Å². The zero-order chi connectivity index (χ0) is 14.8. The van der Waals surface area contributed by atoms with E-state index in [-0.39, 0.29) is 12.4 Å². The molecule has 2 aromatic carbocycles. The Balaban J connectivity index is 1.76. The van der Waals surface area contributed by atoms with Crippen molar-refractivity contribution in [3.8, 4) is 5.75 Å². The number of rotatable bonds is 4. The molecule has 0 unspecified atom stereocenters. The van der Waals surface area contributed by atoms with Crippen LogP contribution in [0.5, 0.6) is 5.75 Å². The topological polar surface area (TPSA) is 42.1 Å². The Hall–Kier alpha value is -2.26. The quantitative estimate of drug-likeness (QED) is 0.726. The van der Waals surface area contributed by atoms with Crippen LogP contribution in [0.2, 0.25) is 5.02 Å². The van der Waals surface area contributed by atoms with Gasteiger partial charge in [-0.05, 0) is 36.8 Å². The number of aromatic amines is 1. The van der Waals surface area contributed by atoms with Crippen LogP contribution in [0.3, 0.4) is 0 Å². The number of ketones is 1. The summed E-state index contributed by atoms with van der Waals surface area (Å²) in [5, 5.41) is 1.60. The number of aromatic nitrogens is 1. The van der Waals surface area contributed by atoms with E-state index in [1.54, 1.807) is 18.3 Å². The van der Waals surface area contributed by atoms with Gasteiger partial charge in [0.1, 0.15) is 5.75 Å².